The van der Waals surface area contributed by atoms with Crippen molar-refractivity contribution in [3.63, 3.8) is 0 Å². The largest absolute Gasteiger partial charge is 0.192 e. The predicted octanol–water partition coefficient (Wildman–Crippen LogP) is 4.37. The lowest BCUT2D eigenvalue weighted by atomic mass is 9.91. The molecule has 2 aromatic rings. The average molecular weight is 301 g/mol. The molecule has 0 bridgehead atoms. The third kappa shape index (κ3) is 3.11. The monoisotopic (exact) mass is 300 g/mol. The Balaban J connectivity index is 2.39. The van der Waals surface area contributed by atoms with Crippen molar-refractivity contribution in [1.29, 1.82) is 10.5 Å². The molecule has 0 saturated heterocycles. The van der Waals surface area contributed by atoms with Gasteiger partial charge >= 0.3 is 0 Å². The van der Waals surface area contributed by atoms with Crippen LogP contribution in [0.1, 0.15) is 28.2 Å². The van der Waals surface area contributed by atoms with Gasteiger partial charge in [0.25, 0.3) is 0 Å². The molecule has 2 rings (SSSR count). The number of alkyl halides is 2. The molecule has 2 nitrogen and oxygen atoms in total. The fraction of sp³-hybridized carbons (Fsp3) is 0.125. The number of hydrogen-bond acceptors (Lipinski definition) is 2. The van der Waals surface area contributed by atoms with E-state index in [4.69, 9.17) is 33.7 Å². The summed E-state index contributed by atoms with van der Waals surface area (Å²) in [5.41, 5.74) is 3.05. The van der Waals surface area contributed by atoms with Crippen LogP contribution in [0.3, 0.4) is 0 Å². The van der Waals surface area contributed by atoms with Crippen molar-refractivity contribution in [2.24, 2.45) is 0 Å². The van der Waals surface area contributed by atoms with E-state index in [-0.39, 0.29) is 5.92 Å². The van der Waals surface area contributed by atoms with Gasteiger partial charge < -0.3 is 0 Å². The van der Waals surface area contributed by atoms with Crippen LogP contribution < -0.4 is 0 Å². The fourth-order valence-electron chi connectivity index (χ4n) is 2.01. The Morgan fingerprint density at radius 2 is 1.05 bits per heavy atom. The third-order valence-electron chi connectivity index (χ3n) is 3.05. The van der Waals surface area contributed by atoms with Crippen molar-refractivity contribution >= 4 is 23.2 Å². The van der Waals surface area contributed by atoms with Crippen LogP contribution in [0.5, 0.6) is 0 Å². The number of nitrogens with zero attached hydrogens (tertiary/aromatic N) is 2. The molecule has 0 amide bonds. The topological polar surface area (TPSA) is 47.6 Å². The molecule has 2 aromatic carbocycles. The van der Waals surface area contributed by atoms with Gasteiger partial charge in [-0.1, -0.05) is 24.3 Å². The fourth-order valence-corrected chi connectivity index (χ4v) is 2.60. The Hall–Kier alpha value is -2.00. The lowest BCUT2D eigenvalue weighted by Crippen LogP contribution is -2.09. The van der Waals surface area contributed by atoms with E-state index in [0.717, 1.165) is 11.1 Å². The summed E-state index contributed by atoms with van der Waals surface area (Å²) in [5, 5.41) is 17.6. The molecule has 0 aliphatic rings. The lowest BCUT2D eigenvalue weighted by Gasteiger charge is -2.19. The molecule has 0 aromatic heterocycles. The molecule has 0 saturated carbocycles. The molecular formula is C16H10Cl2N2. The summed E-state index contributed by atoms with van der Waals surface area (Å²) in [6, 6.07) is 18.5. The first-order chi connectivity index (χ1) is 9.65. The van der Waals surface area contributed by atoms with Gasteiger partial charge in [0.1, 0.15) is 4.84 Å². The first-order valence-corrected chi connectivity index (χ1v) is 6.81. The van der Waals surface area contributed by atoms with E-state index in [2.05, 4.69) is 12.1 Å². The van der Waals surface area contributed by atoms with Gasteiger partial charge in [0.2, 0.25) is 0 Å². The van der Waals surface area contributed by atoms with E-state index in [1.807, 2.05) is 24.3 Å². The molecule has 0 N–H and O–H groups in total. The number of halogens is 2. The molecule has 0 radical (unpaired) electrons. The van der Waals surface area contributed by atoms with Crippen molar-refractivity contribution in [2.75, 3.05) is 0 Å². The molecule has 0 unspecified atom stereocenters. The lowest BCUT2D eigenvalue weighted by molar-refractivity contribution is 0.886. The van der Waals surface area contributed by atoms with Crippen LogP contribution in [0.4, 0.5) is 0 Å². The van der Waals surface area contributed by atoms with Gasteiger partial charge in [0.05, 0.1) is 23.3 Å². The van der Waals surface area contributed by atoms with Gasteiger partial charge in [0, 0.05) is 5.92 Å². The van der Waals surface area contributed by atoms with E-state index in [1.54, 1.807) is 24.3 Å². The Morgan fingerprint density at radius 1 is 0.700 bits per heavy atom. The summed E-state index contributed by atoms with van der Waals surface area (Å²) in [4.78, 5) is -0.615. The molecule has 0 heterocycles. The van der Waals surface area contributed by atoms with Crippen LogP contribution in [0.25, 0.3) is 0 Å². The smallest absolute Gasteiger partial charge is 0.118 e. The molecule has 0 atom stereocenters. The Kier molecular flexibility index (Phi) is 4.64. The van der Waals surface area contributed by atoms with Crippen LogP contribution in [-0.2, 0) is 0 Å². The second-order valence-electron chi connectivity index (χ2n) is 4.28. The van der Waals surface area contributed by atoms with Gasteiger partial charge in [-0.2, -0.15) is 10.5 Å². The zero-order valence-electron chi connectivity index (χ0n) is 10.4. The maximum absolute atomic E-state index is 8.82. The Labute approximate surface area is 127 Å². The highest BCUT2D eigenvalue weighted by Crippen LogP contribution is 2.33. The zero-order chi connectivity index (χ0) is 14.5. The Morgan fingerprint density at radius 3 is 1.30 bits per heavy atom. The van der Waals surface area contributed by atoms with Crippen LogP contribution in [0.15, 0.2) is 48.5 Å². The summed E-state index contributed by atoms with van der Waals surface area (Å²) in [5.74, 6) is -0.196. The highest BCUT2D eigenvalue weighted by atomic mass is 35.5. The minimum Gasteiger partial charge on any atom is -0.192 e. The van der Waals surface area contributed by atoms with Gasteiger partial charge in [-0.3, -0.25) is 0 Å². The normalized spacial score (nSPS) is 10.3. The summed E-state index contributed by atoms with van der Waals surface area (Å²) in [7, 11) is 0. The highest BCUT2D eigenvalue weighted by Gasteiger charge is 2.21. The zero-order valence-corrected chi connectivity index (χ0v) is 11.9. The maximum Gasteiger partial charge on any atom is 0.118 e. The number of benzene rings is 2. The van der Waals surface area contributed by atoms with Crippen LogP contribution in [-0.4, -0.2) is 4.84 Å². The van der Waals surface area contributed by atoms with E-state index >= 15 is 0 Å². The van der Waals surface area contributed by atoms with E-state index in [9.17, 15) is 0 Å². The maximum atomic E-state index is 8.82. The van der Waals surface area contributed by atoms with E-state index in [0.29, 0.717) is 11.1 Å². The number of hydrogen-bond donors (Lipinski definition) is 0. The van der Waals surface area contributed by atoms with Crippen LogP contribution in [0.2, 0.25) is 0 Å². The minimum atomic E-state index is -0.615. The van der Waals surface area contributed by atoms with Crippen molar-refractivity contribution in [1.82, 2.24) is 0 Å². The van der Waals surface area contributed by atoms with Crippen molar-refractivity contribution in [3.8, 4) is 12.1 Å². The summed E-state index contributed by atoms with van der Waals surface area (Å²) in [6.45, 7) is 0. The SMILES string of the molecule is N#Cc1ccc(C(c2ccc(C#N)cc2)C(Cl)Cl)cc1. The minimum absolute atomic E-state index is 0.196. The first kappa shape index (κ1) is 14.4. The van der Waals surface area contributed by atoms with Gasteiger partial charge in [-0.15, -0.1) is 23.2 Å². The predicted molar refractivity (Wildman–Crippen MR) is 79.7 cm³/mol. The second-order valence-corrected chi connectivity index (χ2v) is 5.44. The summed E-state index contributed by atoms with van der Waals surface area (Å²) in [6.07, 6.45) is 0. The van der Waals surface area contributed by atoms with Gasteiger partial charge in [0.15, 0.2) is 0 Å². The van der Waals surface area contributed by atoms with Gasteiger partial charge in [-0.25, -0.2) is 0 Å². The first-order valence-electron chi connectivity index (χ1n) is 5.94. The summed E-state index contributed by atoms with van der Waals surface area (Å²) < 4.78 is 0. The van der Waals surface area contributed by atoms with Crippen molar-refractivity contribution in [3.05, 3.63) is 70.8 Å². The molecule has 98 valence electrons. The standard InChI is InChI=1S/C16H10Cl2N2/c17-16(18)15(13-5-1-11(9-19)2-6-13)14-7-3-12(10-20)4-8-14/h1-8,15-16H. The summed E-state index contributed by atoms with van der Waals surface area (Å²) >= 11 is 12.2. The molecule has 0 aliphatic carbocycles. The molecule has 0 aliphatic heterocycles. The van der Waals surface area contributed by atoms with Crippen molar-refractivity contribution in [2.45, 2.75) is 10.8 Å². The van der Waals surface area contributed by atoms with Crippen molar-refractivity contribution < 1.29 is 0 Å². The van der Waals surface area contributed by atoms with Gasteiger partial charge in [-0.05, 0) is 35.4 Å². The number of nitriles is 2. The highest BCUT2D eigenvalue weighted by molar-refractivity contribution is 6.45. The number of rotatable bonds is 3. The van der Waals surface area contributed by atoms with Crippen LogP contribution in [0, 0.1) is 22.7 Å². The van der Waals surface area contributed by atoms with E-state index < -0.39 is 4.84 Å². The average Bonchev–Trinajstić information content (AvgIpc) is 2.48. The molecule has 20 heavy (non-hydrogen) atoms. The Bertz CT molecular complexity index is 604. The van der Waals surface area contributed by atoms with E-state index in [1.165, 1.54) is 0 Å². The molecule has 0 fully saturated rings. The second kappa shape index (κ2) is 6.44. The molecular weight excluding hydrogens is 291 g/mol. The third-order valence-corrected chi connectivity index (χ3v) is 3.55. The molecule has 4 heteroatoms. The molecule has 0 spiro atoms. The quantitative estimate of drug-likeness (QED) is 0.790. The van der Waals surface area contributed by atoms with Crippen LogP contribution >= 0.6 is 23.2 Å².